The number of sulfonamides is 1. The average molecular weight is 629 g/mol. The summed E-state index contributed by atoms with van der Waals surface area (Å²) in [5.41, 5.74) is 0.370. The molecule has 3 N–H and O–H groups in total. The van der Waals surface area contributed by atoms with Gasteiger partial charge in [-0.15, -0.1) is 0 Å². The molecule has 1 aromatic carbocycles. The summed E-state index contributed by atoms with van der Waals surface area (Å²) >= 11 is 0. The number of nitriles is 1. The monoisotopic (exact) mass is 628 g/mol. The molecule has 1 aliphatic heterocycles. The number of carbonyl (C=O) groups is 1. The number of hydrogen-bond donors (Lipinski definition) is 3. The van der Waals surface area contributed by atoms with Gasteiger partial charge in [0.1, 0.15) is 33.6 Å². The van der Waals surface area contributed by atoms with Gasteiger partial charge in [-0.3, -0.25) is 4.79 Å². The van der Waals surface area contributed by atoms with Crippen LogP contribution in [0.3, 0.4) is 0 Å². The minimum Gasteiger partial charge on any atom is -0.383 e. The Kier molecular flexibility index (Phi) is 6.96. The van der Waals surface area contributed by atoms with E-state index in [-0.39, 0.29) is 33.5 Å². The van der Waals surface area contributed by atoms with E-state index in [1.165, 1.54) is 6.07 Å². The van der Waals surface area contributed by atoms with Crippen molar-refractivity contribution in [2.45, 2.75) is 55.7 Å². The smallest absolute Gasteiger partial charge is 0.272 e. The van der Waals surface area contributed by atoms with Crippen molar-refractivity contribution in [2.75, 3.05) is 5.32 Å². The maximum absolute atomic E-state index is 14.2. The zero-order chi connectivity index (χ0) is 31.5. The van der Waals surface area contributed by atoms with E-state index in [0.717, 1.165) is 18.1 Å². The van der Waals surface area contributed by atoms with Gasteiger partial charge in [-0.1, -0.05) is 41.6 Å². The van der Waals surface area contributed by atoms with Crippen LogP contribution in [0.1, 0.15) is 58.8 Å². The summed E-state index contributed by atoms with van der Waals surface area (Å²) in [6.45, 7) is 1.93. The fourth-order valence-corrected chi connectivity index (χ4v) is 9.10. The molecule has 3 aromatic heterocycles. The van der Waals surface area contributed by atoms with E-state index in [1.54, 1.807) is 29.7 Å². The minimum atomic E-state index is -4.18. The van der Waals surface area contributed by atoms with E-state index >= 15 is 0 Å². The summed E-state index contributed by atoms with van der Waals surface area (Å²) in [6.07, 6.45) is 5.80. The highest BCUT2D eigenvalue weighted by atomic mass is 32.2. The van der Waals surface area contributed by atoms with Gasteiger partial charge in [0, 0.05) is 47.5 Å². The molecular weight excluding hydrogens is 599 g/mol. The number of carbonyl (C=O) groups excluding carboxylic acids is 1. The largest absolute Gasteiger partial charge is 0.383 e. The molecule has 3 unspecified atom stereocenters. The lowest BCUT2D eigenvalue weighted by Gasteiger charge is -2.30. The molecule has 4 atom stereocenters. The molecule has 45 heavy (non-hydrogen) atoms. The normalized spacial score (nSPS) is 23.6. The van der Waals surface area contributed by atoms with Gasteiger partial charge in [-0.05, 0) is 50.7 Å². The van der Waals surface area contributed by atoms with Crippen LogP contribution < -0.4 is 10.0 Å². The molecule has 7 rings (SSSR count). The zero-order valence-corrected chi connectivity index (χ0v) is 25.0. The van der Waals surface area contributed by atoms with Gasteiger partial charge in [0.05, 0.1) is 5.69 Å². The van der Waals surface area contributed by atoms with E-state index in [0.29, 0.717) is 43.0 Å². The first kappa shape index (κ1) is 29.1. The highest BCUT2D eigenvalue weighted by Crippen LogP contribution is 2.56. The fraction of sp³-hybridized carbons (Fsp3) is 0.312. The predicted molar refractivity (Wildman–Crippen MR) is 160 cm³/mol. The predicted octanol–water partition coefficient (Wildman–Crippen LogP) is 4.49. The molecule has 0 saturated heterocycles. The summed E-state index contributed by atoms with van der Waals surface area (Å²) in [7, 11) is -4.18. The van der Waals surface area contributed by atoms with Gasteiger partial charge in [-0.2, -0.15) is 9.65 Å². The van der Waals surface area contributed by atoms with Crippen molar-refractivity contribution in [1.82, 2.24) is 19.4 Å². The lowest BCUT2D eigenvalue weighted by atomic mass is 9.81. The number of hydrogen-bond acceptors (Lipinski definition) is 8. The van der Waals surface area contributed by atoms with Crippen molar-refractivity contribution < 1.29 is 27.2 Å². The van der Waals surface area contributed by atoms with E-state index in [4.69, 9.17) is 9.78 Å². The second-order valence-corrected chi connectivity index (χ2v) is 13.5. The first-order valence-electron chi connectivity index (χ1n) is 14.6. The summed E-state index contributed by atoms with van der Waals surface area (Å²) < 4.78 is 52.4. The molecule has 0 spiro atoms. The highest BCUT2D eigenvalue weighted by molar-refractivity contribution is 7.89. The van der Waals surface area contributed by atoms with E-state index in [2.05, 4.69) is 20.2 Å². The Bertz CT molecular complexity index is 2010. The number of rotatable bonds is 7. The number of allylic oxidation sites excluding steroid dienone is 1. The molecule has 13 heteroatoms. The molecule has 2 bridgehead atoms. The van der Waals surface area contributed by atoms with Crippen molar-refractivity contribution in [3.8, 4) is 17.4 Å². The number of amides is 1. The Morgan fingerprint density at radius 2 is 2.02 bits per heavy atom. The van der Waals surface area contributed by atoms with Gasteiger partial charge in [0.25, 0.3) is 5.91 Å². The minimum absolute atomic E-state index is 0.0233. The molecule has 2 fully saturated rings. The highest BCUT2D eigenvalue weighted by Gasteiger charge is 2.59. The van der Waals surface area contributed by atoms with Crippen LogP contribution in [0.2, 0.25) is 0 Å². The van der Waals surface area contributed by atoms with Crippen molar-refractivity contribution >= 4 is 27.7 Å². The molecule has 1 amide bonds. The van der Waals surface area contributed by atoms with Gasteiger partial charge in [0.15, 0.2) is 5.76 Å². The van der Waals surface area contributed by atoms with Crippen LogP contribution >= 0.6 is 0 Å². The topological polar surface area (TPSA) is 163 Å². The Morgan fingerprint density at radius 1 is 1.22 bits per heavy atom. The van der Waals surface area contributed by atoms with Crippen LogP contribution in [-0.4, -0.2) is 40.2 Å². The standard InChI is InChI=1S/C32H29FN6O5S/c1-18-29(31(40)36-21-13-22(17-34)35-27(33)14-21)39-12-6-5-9-24(39)30(18)45(42,43)38-28-20-10-11-23(28)32(41,16-20)26-15-25(44-37-26)19-7-3-2-4-8-19/h2-5,7-9,13-15,20,23,28,38,41H,6,10-12,16H2,1H3,(H,35,36,40)/t20?,23?,28?,32-/m1/s1. The summed E-state index contributed by atoms with van der Waals surface area (Å²) in [5.74, 6) is -1.61. The number of halogens is 1. The number of pyridine rings is 1. The number of aliphatic hydroxyl groups is 1. The SMILES string of the molecule is Cc1c(S(=O)(=O)NC2C3CCC2[C@@](O)(c2cc(-c4ccccc4)on2)C3)c2n(c1C(=O)Nc1cc(F)nc(C#N)c1)CCC=C2. The van der Waals surface area contributed by atoms with Crippen LogP contribution in [0.5, 0.6) is 0 Å². The van der Waals surface area contributed by atoms with Gasteiger partial charge in [0.2, 0.25) is 16.0 Å². The van der Waals surface area contributed by atoms with Crippen LogP contribution in [0.15, 0.2) is 64.0 Å². The summed E-state index contributed by atoms with van der Waals surface area (Å²) in [4.78, 5) is 17.0. The molecule has 2 saturated carbocycles. The van der Waals surface area contributed by atoms with E-state index in [1.807, 2.05) is 36.4 Å². The zero-order valence-electron chi connectivity index (χ0n) is 24.2. The molecule has 3 aliphatic rings. The number of nitrogens with zero attached hydrogens (tertiary/aromatic N) is 4. The molecule has 0 radical (unpaired) electrons. The first-order chi connectivity index (χ1) is 21.6. The number of benzene rings is 1. The van der Waals surface area contributed by atoms with E-state index < -0.39 is 39.4 Å². The molecule has 4 heterocycles. The van der Waals surface area contributed by atoms with Gasteiger partial charge >= 0.3 is 0 Å². The number of aromatic nitrogens is 3. The molecule has 4 aromatic rings. The number of anilines is 1. The quantitative estimate of drug-likeness (QED) is 0.252. The second kappa shape index (κ2) is 10.8. The van der Waals surface area contributed by atoms with Crippen LogP contribution in [-0.2, 0) is 22.2 Å². The lowest BCUT2D eigenvalue weighted by molar-refractivity contribution is -0.0264. The van der Waals surface area contributed by atoms with Gasteiger partial charge < -0.3 is 19.5 Å². The molecule has 2 aliphatic carbocycles. The van der Waals surface area contributed by atoms with Crippen molar-refractivity contribution in [1.29, 1.82) is 5.26 Å². The average Bonchev–Trinajstić information content (AvgIpc) is 3.78. The van der Waals surface area contributed by atoms with Gasteiger partial charge in [-0.25, -0.2) is 18.1 Å². The summed E-state index contributed by atoms with van der Waals surface area (Å²) in [6, 6.07) is 14.6. The summed E-state index contributed by atoms with van der Waals surface area (Å²) in [5, 5.41) is 27.8. The fourth-order valence-electron chi connectivity index (χ4n) is 7.32. The third kappa shape index (κ3) is 4.86. The Morgan fingerprint density at radius 3 is 2.80 bits per heavy atom. The van der Waals surface area contributed by atoms with Crippen LogP contribution in [0, 0.1) is 36.0 Å². The Balaban J connectivity index is 1.19. The Labute approximate surface area is 258 Å². The third-order valence-electron chi connectivity index (χ3n) is 9.21. The third-order valence-corrected chi connectivity index (χ3v) is 10.8. The number of nitrogens with one attached hydrogen (secondary N) is 2. The number of fused-ring (bicyclic) bond motifs is 3. The second-order valence-electron chi connectivity index (χ2n) is 11.8. The van der Waals surface area contributed by atoms with Crippen molar-refractivity contribution in [2.24, 2.45) is 11.8 Å². The molecule has 11 nitrogen and oxygen atoms in total. The Hall–Kier alpha value is -4.64. The first-order valence-corrected chi connectivity index (χ1v) is 16.1. The maximum atomic E-state index is 14.2. The maximum Gasteiger partial charge on any atom is 0.272 e. The van der Waals surface area contributed by atoms with Crippen molar-refractivity contribution in [3.63, 3.8) is 0 Å². The molecule has 230 valence electrons. The van der Waals surface area contributed by atoms with E-state index in [9.17, 15) is 22.7 Å². The van der Waals surface area contributed by atoms with Crippen LogP contribution in [0.25, 0.3) is 17.4 Å². The lowest BCUT2D eigenvalue weighted by Crippen LogP contribution is -2.42. The molecular formula is C32H29FN6O5S. The van der Waals surface area contributed by atoms with Crippen molar-refractivity contribution in [3.05, 3.63) is 88.9 Å². The van der Waals surface area contributed by atoms with Crippen LogP contribution in [0.4, 0.5) is 10.1 Å².